The van der Waals surface area contributed by atoms with Crippen LogP contribution in [0.1, 0.15) is 16.8 Å². The summed E-state index contributed by atoms with van der Waals surface area (Å²) in [6.45, 7) is 4.09. The quantitative estimate of drug-likeness (QED) is 0.608. The van der Waals surface area contributed by atoms with Gasteiger partial charge in [-0.05, 0) is 43.7 Å². The number of aryl methyl sites for hydroxylation is 2. The van der Waals surface area contributed by atoms with E-state index in [1.54, 1.807) is 0 Å². The number of para-hydroxylation sites is 1. The first-order valence-corrected chi connectivity index (χ1v) is 9.96. The van der Waals surface area contributed by atoms with Crippen LogP contribution < -0.4 is 10.6 Å². The lowest BCUT2D eigenvalue weighted by Crippen LogP contribution is -2.31. The van der Waals surface area contributed by atoms with Gasteiger partial charge in [-0.25, -0.2) is 0 Å². The summed E-state index contributed by atoms with van der Waals surface area (Å²) in [6.07, 6.45) is 1.99. The smallest absolute Gasteiger partial charge is 0.260 e. The third-order valence-electron chi connectivity index (χ3n) is 4.94. The van der Waals surface area contributed by atoms with Crippen molar-refractivity contribution in [1.29, 1.82) is 0 Å². The molecular formula is C21H20ClN3OS. The van der Waals surface area contributed by atoms with Gasteiger partial charge in [0, 0.05) is 39.9 Å². The normalized spacial score (nSPS) is 18.3. The van der Waals surface area contributed by atoms with Crippen molar-refractivity contribution in [2.45, 2.75) is 19.3 Å². The first-order valence-electron chi connectivity index (χ1n) is 8.70. The molecule has 1 saturated heterocycles. The molecule has 1 aliphatic heterocycles. The monoisotopic (exact) mass is 397 g/mol. The van der Waals surface area contributed by atoms with E-state index in [0.29, 0.717) is 9.93 Å². The molecule has 1 aromatic heterocycles. The Bertz CT molecular complexity index is 1090. The van der Waals surface area contributed by atoms with Crippen LogP contribution in [0.15, 0.2) is 47.4 Å². The zero-order valence-electron chi connectivity index (χ0n) is 15.3. The fourth-order valence-corrected chi connectivity index (χ4v) is 4.45. The molecular weight excluding hydrogens is 378 g/mol. The lowest BCUT2D eigenvalue weighted by Gasteiger charge is -2.15. The van der Waals surface area contributed by atoms with Crippen LogP contribution >= 0.6 is 23.4 Å². The molecule has 3 aromatic rings. The number of fused-ring (bicyclic) bond motifs is 1. The number of thioether (sulfide) groups is 1. The number of hydrogen-bond acceptors (Lipinski definition) is 3. The zero-order chi connectivity index (χ0) is 19.1. The third kappa shape index (κ3) is 3.33. The molecule has 1 unspecified atom stereocenters. The zero-order valence-corrected chi connectivity index (χ0v) is 16.9. The second-order valence-corrected chi connectivity index (χ2v) is 8.24. The van der Waals surface area contributed by atoms with Crippen molar-refractivity contribution in [3.8, 4) is 0 Å². The van der Waals surface area contributed by atoms with Crippen LogP contribution in [0, 0.1) is 13.8 Å². The Hall–Kier alpha value is -2.37. The Morgan fingerprint density at radius 2 is 2.00 bits per heavy atom. The van der Waals surface area contributed by atoms with Gasteiger partial charge in [-0.15, -0.1) is 0 Å². The van der Waals surface area contributed by atoms with Crippen molar-refractivity contribution in [3.05, 3.63) is 69.2 Å². The van der Waals surface area contributed by atoms with Crippen molar-refractivity contribution in [3.63, 3.8) is 0 Å². The highest BCUT2D eigenvalue weighted by molar-refractivity contribution is 8.05. The molecule has 1 amide bonds. The molecule has 2 aromatic carbocycles. The van der Waals surface area contributed by atoms with Gasteiger partial charge in [0.15, 0.2) is 5.50 Å². The number of anilines is 1. The van der Waals surface area contributed by atoms with Crippen LogP contribution in [0.2, 0.25) is 5.02 Å². The average molecular weight is 398 g/mol. The number of nitrogens with zero attached hydrogens (tertiary/aromatic N) is 1. The molecule has 2 N–H and O–H groups in total. The highest BCUT2D eigenvalue weighted by atomic mass is 35.5. The molecule has 1 fully saturated rings. The van der Waals surface area contributed by atoms with E-state index in [9.17, 15) is 4.79 Å². The van der Waals surface area contributed by atoms with E-state index in [2.05, 4.69) is 34.3 Å². The highest BCUT2D eigenvalue weighted by Gasteiger charge is 2.28. The van der Waals surface area contributed by atoms with Crippen LogP contribution in [-0.4, -0.2) is 16.0 Å². The van der Waals surface area contributed by atoms with Gasteiger partial charge in [-0.3, -0.25) is 4.79 Å². The summed E-state index contributed by atoms with van der Waals surface area (Å²) < 4.78 is 2.16. The standard InChI is InChI=1S/C21H20ClN3OS/c1-12-8-9-14(22)10-17(12)23-21-24-20(26)19(27-21)11-16-13(2)25(3)18-7-5-4-6-15(16)18/h4-11,21,23H,1-3H3,(H,24,26)/b19-11-. The molecule has 0 aliphatic carbocycles. The molecule has 0 radical (unpaired) electrons. The Balaban J connectivity index is 1.64. The van der Waals surface area contributed by atoms with Crippen molar-refractivity contribution >= 4 is 51.9 Å². The van der Waals surface area contributed by atoms with Gasteiger partial charge in [0.05, 0.1) is 4.91 Å². The molecule has 138 valence electrons. The van der Waals surface area contributed by atoms with Crippen molar-refractivity contribution in [2.24, 2.45) is 7.05 Å². The van der Waals surface area contributed by atoms with Crippen molar-refractivity contribution in [1.82, 2.24) is 9.88 Å². The summed E-state index contributed by atoms with van der Waals surface area (Å²) in [5.74, 6) is -0.0653. The largest absolute Gasteiger partial charge is 0.356 e. The number of rotatable bonds is 3. The molecule has 4 nitrogen and oxygen atoms in total. The lowest BCUT2D eigenvalue weighted by atomic mass is 10.1. The number of nitrogens with one attached hydrogen (secondary N) is 2. The van der Waals surface area contributed by atoms with Gasteiger partial charge >= 0.3 is 0 Å². The summed E-state index contributed by atoms with van der Waals surface area (Å²) in [5, 5.41) is 8.16. The fourth-order valence-electron chi connectivity index (χ4n) is 3.32. The number of benzene rings is 2. The molecule has 1 aliphatic rings. The van der Waals surface area contributed by atoms with Crippen LogP contribution in [0.25, 0.3) is 17.0 Å². The molecule has 1 atom stereocenters. The molecule has 0 bridgehead atoms. The Labute approximate surface area is 167 Å². The maximum atomic E-state index is 12.5. The molecule has 6 heteroatoms. The molecule has 27 heavy (non-hydrogen) atoms. The fraction of sp³-hybridized carbons (Fsp3) is 0.190. The van der Waals surface area contributed by atoms with Gasteiger partial charge in [-0.2, -0.15) is 0 Å². The van der Waals surface area contributed by atoms with Crippen LogP contribution in [-0.2, 0) is 11.8 Å². The van der Waals surface area contributed by atoms with E-state index in [-0.39, 0.29) is 11.4 Å². The number of hydrogen-bond donors (Lipinski definition) is 2. The molecule has 2 heterocycles. The molecule has 0 spiro atoms. The minimum absolute atomic E-state index is 0.0653. The number of amides is 1. The number of aromatic nitrogens is 1. The number of carbonyl (C=O) groups is 1. The summed E-state index contributed by atoms with van der Waals surface area (Å²) >= 11 is 7.58. The summed E-state index contributed by atoms with van der Waals surface area (Å²) in [4.78, 5) is 13.2. The Morgan fingerprint density at radius 3 is 2.81 bits per heavy atom. The van der Waals surface area contributed by atoms with Gasteiger partial charge in [0.1, 0.15) is 0 Å². The van der Waals surface area contributed by atoms with Gasteiger partial charge in [0.2, 0.25) is 0 Å². The summed E-state index contributed by atoms with van der Waals surface area (Å²) in [5.41, 5.74) is 5.16. The second-order valence-electron chi connectivity index (χ2n) is 6.66. The lowest BCUT2D eigenvalue weighted by molar-refractivity contribution is -0.116. The summed E-state index contributed by atoms with van der Waals surface area (Å²) in [7, 11) is 2.05. The first kappa shape index (κ1) is 18.0. The maximum absolute atomic E-state index is 12.5. The number of carbonyl (C=O) groups excluding carboxylic acids is 1. The van der Waals surface area contributed by atoms with E-state index in [1.165, 1.54) is 11.8 Å². The predicted octanol–water partition coefficient (Wildman–Crippen LogP) is 5.05. The molecule has 4 rings (SSSR count). The SMILES string of the molecule is Cc1ccc(Cl)cc1NC1NC(=O)/C(=C/c2c(C)n(C)c3ccccc23)S1. The van der Waals surface area contributed by atoms with E-state index < -0.39 is 0 Å². The third-order valence-corrected chi connectivity index (χ3v) is 6.20. The van der Waals surface area contributed by atoms with E-state index in [1.807, 2.05) is 50.4 Å². The van der Waals surface area contributed by atoms with E-state index >= 15 is 0 Å². The van der Waals surface area contributed by atoms with Crippen LogP contribution in [0.4, 0.5) is 5.69 Å². The van der Waals surface area contributed by atoms with Gasteiger partial charge in [0.25, 0.3) is 5.91 Å². The van der Waals surface area contributed by atoms with Gasteiger partial charge in [-0.1, -0.05) is 47.6 Å². The van der Waals surface area contributed by atoms with Crippen LogP contribution in [0.5, 0.6) is 0 Å². The van der Waals surface area contributed by atoms with Gasteiger partial charge < -0.3 is 15.2 Å². The van der Waals surface area contributed by atoms with Crippen LogP contribution in [0.3, 0.4) is 0 Å². The summed E-state index contributed by atoms with van der Waals surface area (Å²) in [6, 6.07) is 13.9. The average Bonchev–Trinajstić information content (AvgIpc) is 3.11. The van der Waals surface area contributed by atoms with E-state index in [4.69, 9.17) is 11.6 Å². The molecule has 0 saturated carbocycles. The minimum Gasteiger partial charge on any atom is -0.356 e. The predicted molar refractivity (Wildman–Crippen MR) is 115 cm³/mol. The van der Waals surface area contributed by atoms with Crippen molar-refractivity contribution in [2.75, 3.05) is 5.32 Å². The Kier molecular flexibility index (Phi) is 4.66. The number of halogens is 1. The minimum atomic E-state index is -0.226. The highest BCUT2D eigenvalue weighted by Crippen LogP contribution is 2.34. The van der Waals surface area contributed by atoms with E-state index in [0.717, 1.165) is 33.4 Å². The Morgan fingerprint density at radius 1 is 1.22 bits per heavy atom. The second kappa shape index (κ2) is 6.98. The first-order chi connectivity index (χ1) is 12.9. The van der Waals surface area contributed by atoms with Crippen molar-refractivity contribution < 1.29 is 4.79 Å². The topological polar surface area (TPSA) is 46.1 Å². The maximum Gasteiger partial charge on any atom is 0.260 e.